The first-order valence-corrected chi connectivity index (χ1v) is 18.5. The predicted molar refractivity (Wildman–Crippen MR) is 224 cm³/mol. The largest absolute Gasteiger partial charge is 0.465 e. The van der Waals surface area contributed by atoms with Crippen molar-refractivity contribution in [2.24, 2.45) is 0 Å². The monoisotopic (exact) mass is 692 g/mol. The Kier molecular flexibility index (Phi) is 6.48. The molecule has 0 aliphatic rings. The van der Waals surface area contributed by atoms with Crippen LogP contribution in [0, 0.1) is 6.57 Å². The molecule has 11 rings (SSSR count). The second-order valence-corrected chi connectivity index (χ2v) is 14.6. The van der Waals surface area contributed by atoms with Gasteiger partial charge in [0.15, 0.2) is 5.58 Å². The van der Waals surface area contributed by atoms with Crippen molar-refractivity contribution in [3.63, 3.8) is 0 Å². The number of nitrogens with zero attached hydrogens (tertiary/aromatic N) is 2. The van der Waals surface area contributed by atoms with Crippen molar-refractivity contribution < 1.29 is 4.42 Å². The molecule has 0 radical (unpaired) electrons. The molecule has 3 heterocycles. The molecule has 4 heteroatoms. The zero-order valence-corrected chi connectivity index (χ0v) is 29.2. The van der Waals surface area contributed by atoms with E-state index in [2.05, 4.69) is 173 Å². The van der Waals surface area contributed by atoms with E-state index in [1.165, 1.54) is 53.2 Å². The van der Waals surface area contributed by atoms with E-state index >= 15 is 0 Å². The van der Waals surface area contributed by atoms with Crippen molar-refractivity contribution in [1.82, 2.24) is 4.57 Å². The van der Waals surface area contributed by atoms with Gasteiger partial charge >= 0.3 is 0 Å². The first-order valence-electron chi connectivity index (χ1n) is 17.7. The third kappa shape index (κ3) is 4.45. The van der Waals surface area contributed by atoms with Gasteiger partial charge in [-0.3, -0.25) is 0 Å². The minimum absolute atomic E-state index is 0.511. The molecule has 0 saturated heterocycles. The molecule has 0 bridgehead atoms. The summed E-state index contributed by atoms with van der Waals surface area (Å²) in [6, 6.07) is 60.2. The normalized spacial score (nSPS) is 11.8. The maximum atomic E-state index is 8.13. The average Bonchev–Trinajstić information content (AvgIpc) is 3.91. The SMILES string of the molecule is [C-]#[N+]c1ccc(-c2cccc3c2sc2ccccc23)c2c1oc1c(-n3c4ccc(-c5ccccc5)cc4c4cc(-c5ccccc5)ccc43)cccc12. The molecule has 0 aliphatic carbocycles. The Morgan fingerprint density at radius 1 is 0.472 bits per heavy atom. The van der Waals surface area contributed by atoms with E-state index in [1.807, 2.05) is 17.4 Å². The Bertz CT molecular complexity index is 3190. The first-order chi connectivity index (χ1) is 26.2. The number of rotatable bonds is 4. The highest BCUT2D eigenvalue weighted by atomic mass is 32.1. The number of para-hydroxylation sites is 1. The summed E-state index contributed by atoms with van der Waals surface area (Å²) in [5, 5.41) is 6.82. The third-order valence-electron chi connectivity index (χ3n) is 10.6. The maximum Gasteiger partial charge on any atom is 0.229 e. The highest BCUT2D eigenvalue weighted by Crippen LogP contribution is 2.48. The van der Waals surface area contributed by atoms with Crippen LogP contribution in [0.15, 0.2) is 174 Å². The number of benzene rings is 8. The summed E-state index contributed by atoms with van der Waals surface area (Å²) in [6.07, 6.45) is 0. The van der Waals surface area contributed by atoms with Gasteiger partial charge in [0.05, 0.1) is 23.3 Å². The van der Waals surface area contributed by atoms with Crippen LogP contribution in [0.1, 0.15) is 0 Å². The fraction of sp³-hybridized carbons (Fsp3) is 0. The topological polar surface area (TPSA) is 22.4 Å². The quantitative estimate of drug-likeness (QED) is 0.168. The lowest BCUT2D eigenvalue weighted by Gasteiger charge is -2.10. The molecule has 0 amide bonds. The van der Waals surface area contributed by atoms with Gasteiger partial charge in [-0.2, -0.15) is 0 Å². The molecule has 0 unspecified atom stereocenters. The Hall–Kier alpha value is -6.93. The smallest absolute Gasteiger partial charge is 0.229 e. The first kappa shape index (κ1) is 29.8. The number of hydrogen-bond acceptors (Lipinski definition) is 2. The number of aromatic nitrogens is 1. The molecule has 53 heavy (non-hydrogen) atoms. The summed E-state index contributed by atoms with van der Waals surface area (Å²) in [5.74, 6) is 0. The molecule has 8 aromatic carbocycles. The molecular weight excluding hydrogens is 665 g/mol. The Balaban J connectivity index is 1.21. The number of fused-ring (bicyclic) bond motifs is 9. The Labute approximate surface area is 309 Å². The van der Waals surface area contributed by atoms with E-state index in [4.69, 9.17) is 11.0 Å². The number of furan rings is 1. The molecule has 0 spiro atoms. The van der Waals surface area contributed by atoms with E-state index in [0.717, 1.165) is 44.2 Å². The van der Waals surface area contributed by atoms with Crippen molar-refractivity contribution in [3.8, 4) is 39.1 Å². The van der Waals surface area contributed by atoms with E-state index < -0.39 is 0 Å². The van der Waals surface area contributed by atoms with Gasteiger partial charge in [0, 0.05) is 47.3 Å². The molecule has 0 saturated carbocycles. The minimum atomic E-state index is 0.511. The molecule has 3 nitrogen and oxygen atoms in total. The van der Waals surface area contributed by atoms with Crippen LogP contribution < -0.4 is 0 Å². The van der Waals surface area contributed by atoms with Crippen molar-refractivity contribution in [1.29, 1.82) is 0 Å². The van der Waals surface area contributed by atoms with Crippen LogP contribution in [0.25, 0.3) is 108 Å². The second-order valence-electron chi connectivity index (χ2n) is 13.5. The standard InChI is InChI=1S/C49H28N2OS/c1-50-41-25-24-35(37-18-10-17-36-34-16-8-9-21-45(34)53-49(36)37)46-38-19-11-20-44(47(38)52-48(41)46)51-42-26-22-32(30-12-4-2-5-13-30)28-39(42)40-29-33(23-27-43(40)51)31-14-6-3-7-15-31/h2-29H. The summed E-state index contributed by atoms with van der Waals surface area (Å²) in [7, 11) is 0. The van der Waals surface area contributed by atoms with Crippen LogP contribution in [0.3, 0.4) is 0 Å². The zero-order valence-electron chi connectivity index (χ0n) is 28.4. The highest BCUT2D eigenvalue weighted by Gasteiger charge is 2.23. The van der Waals surface area contributed by atoms with Gasteiger partial charge in [-0.1, -0.05) is 133 Å². The van der Waals surface area contributed by atoms with Crippen LogP contribution in [-0.2, 0) is 0 Å². The zero-order chi connectivity index (χ0) is 35.0. The molecular formula is C49H28N2OS. The summed E-state index contributed by atoms with van der Waals surface area (Å²) < 4.78 is 11.8. The van der Waals surface area contributed by atoms with Gasteiger partial charge in [-0.25, -0.2) is 4.85 Å². The lowest BCUT2D eigenvalue weighted by Crippen LogP contribution is -1.94. The van der Waals surface area contributed by atoms with Gasteiger partial charge in [0.1, 0.15) is 5.58 Å². The number of thiophene rings is 1. The average molecular weight is 693 g/mol. The summed E-state index contributed by atoms with van der Waals surface area (Å²) in [5.41, 5.74) is 12.0. The Morgan fingerprint density at radius 3 is 1.79 bits per heavy atom. The summed E-state index contributed by atoms with van der Waals surface area (Å²) >= 11 is 1.82. The van der Waals surface area contributed by atoms with Crippen LogP contribution in [-0.4, -0.2) is 4.57 Å². The van der Waals surface area contributed by atoms with Gasteiger partial charge < -0.3 is 8.98 Å². The molecule has 246 valence electrons. The molecule has 0 atom stereocenters. The minimum Gasteiger partial charge on any atom is -0.465 e. The molecule has 3 aromatic heterocycles. The van der Waals surface area contributed by atoms with Crippen molar-refractivity contribution in [3.05, 3.63) is 181 Å². The van der Waals surface area contributed by atoms with Crippen molar-refractivity contribution in [2.75, 3.05) is 0 Å². The summed E-state index contributed by atoms with van der Waals surface area (Å²) in [4.78, 5) is 3.95. The highest BCUT2D eigenvalue weighted by molar-refractivity contribution is 7.26. The van der Waals surface area contributed by atoms with Gasteiger partial charge in [-0.15, -0.1) is 11.3 Å². The van der Waals surface area contributed by atoms with E-state index in [0.29, 0.717) is 11.3 Å². The molecule has 0 N–H and O–H groups in total. The number of hydrogen-bond donors (Lipinski definition) is 0. The fourth-order valence-corrected chi connectivity index (χ4v) is 9.45. The third-order valence-corrected chi connectivity index (χ3v) is 11.9. The van der Waals surface area contributed by atoms with Crippen LogP contribution in [0.2, 0.25) is 0 Å². The molecule has 0 fully saturated rings. The van der Waals surface area contributed by atoms with Crippen molar-refractivity contribution >= 4 is 80.9 Å². The molecule has 0 aliphatic heterocycles. The second kappa shape index (κ2) is 11.5. The maximum absolute atomic E-state index is 8.13. The van der Waals surface area contributed by atoms with Crippen LogP contribution in [0.5, 0.6) is 0 Å². The molecule has 11 aromatic rings. The van der Waals surface area contributed by atoms with E-state index in [-0.39, 0.29) is 0 Å². The predicted octanol–water partition coefficient (Wildman–Crippen LogP) is 14.6. The fourth-order valence-electron chi connectivity index (χ4n) is 8.22. The van der Waals surface area contributed by atoms with E-state index in [1.54, 1.807) is 0 Å². The summed E-state index contributed by atoms with van der Waals surface area (Å²) in [6.45, 7) is 8.13. The Morgan fingerprint density at radius 2 is 1.09 bits per heavy atom. The van der Waals surface area contributed by atoms with Gasteiger partial charge in [0.2, 0.25) is 5.69 Å². The van der Waals surface area contributed by atoms with Crippen molar-refractivity contribution in [2.45, 2.75) is 0 Å². The van der Waals surface area contributed by atoms with Crippen LogP contribution >= 0.6 is 11.3 Å². The van der Waals surface area contributed by atoms with Gasteiger partial charge in [0.25, 0.3) is 0 Å². The lowest BCUT2D eigenvalue weighted by atomic mass is 9.97. The van der Waals surface area contributed by atoms with Crippen LogP contribution in [0.4, 0.5) is 5.69 Å². The van der Waals surface area contributed by atoms with Gasteiger partial charge in [-0.05, 0) is 64.2 Å². The van der Waals surface area contributed by atoms with E-state index in [9.17, 15) is 0 Å². The lowest BCUT2D eigenvalue weighted by molar-refractivity contribution is 0.668.